The van der Waals surface area contributed by atoms with Gasteiger partial charge in [0.05, 0.1) is 11.8 Å². The highest BCUT2D eigenvalue weighted by Gasteiger charge is 2.15. The number of ether oxygens (including phenoxy) is 1. The number of para-hydroxylation sites is 3. The monoisotopic (exact) mass is 376 g/mol. The summed E-state index contributed by atoms with van der Waals surface area (Å²) in [5.41, 5.74) is 1.88. The SMILES string of the molecule is Cc1nc(C(=O)Nc2ccccc2OC(C)C)cc(N(C)c2ccccc2)n1. The summed E-state index contributed by atoms with van der Waals surface area (Å²) in [7, 11) is 1.91. The van der Waals surface area contributed by atoms with E-state index in [4.69, 9.17) is 4.74 Å². The lowest BCUT2D eigenvalue weighted by Crippen LogP contribution is -2.19. The number of benzene rings is 2. The van der Waals surface area contributed by atoms with Crippen LogP contribution in [0.2, 0.25) is 0 Å². The van der Waals surface area contributed by atoms with E-state index in [0.29, 0.717) is 28.8 Å². The summed E-state index contributed by atoms with van der Waals surface area (Å²) in [5.74, 6) is 1.49. The van der Waals surface area contributed by atoms with Crippen LogP contribution in [0.15, 0.2) is 60.7 Å². The highest BCUT2D eigenvalue weighted by atomic mass is 16.5. The molecule has 3 aromatic rings. The topological polar surface area (TPSA) is 67.3 Å². The van der Waals surface area contributed by atoms with Crippen molar-refractivity contribution in [2.24, 2.45) is 0 Å². The van der Waals surface area contributed by atoms with E-state index < -0.39 is 0 Å². The molecular weight excluding hydrogens is 352 g/mol. The van der Waals surface area contributed by atoms with E-state index in [-0.39, 0.29) is 12.0 Å². The van der Waals surface area contributed by atoms with E-state index in [2.05, 4.69) is 15.3 Å². The fourth-order valence-corrected chi connectivity index (χ4v) is 2.74. The summed E-state index contributed by atoms with van der Waals surface area (Å²) in [6.45, 7) is 5.66. The lowest BCUT2D eigenvalue weighted by Gasteiger charge is -2.19. The first-order chi connectivity index (χ1) is 13.4. The molecule has 0 saturated carbocycles. The molecule has 0 aliphatic carbocycles. The number of hydrogen-bond acceptors (Lipinski definition) is 5. The minimum atomic E-state index is -0.312. The van der Waals surface area contributed by atoms with Gasteiger partial charge in [0.2, 0.25) is 0 Å². The Labute approximate surface area is 165 Å². The summed E-state index contributed by atoms with van der Waals surface area (Å²) in [5, 5.41) is 2.89. The van der Waals surface area contributed by atoms with Crippen LogP contribution >= 0.6 is 0 Å². The lowest BCUT2D eigenvalue weighted by atomic mass is 10.2. The third-order valence-electron chi connectivity index (χ3n) is 4.04. The molecule has 1 aromatic heterocycles. The fourth-order valence-electron chi connectivity index (χ4n) is 2.74. The van der Waals surface area contributed by atoms with Crippen molar-refractivity contribution in [1.29, 1.82) is 0 Å². The molecule has 0 bridgehead atoms. The first-order valence-electron chi connectivity index (χ1n) is 9.15. The number of rotatable bonds is 6. The number of nitrogens with one attached hydrogen (secondary N) is 1. The van der Waals surface area contributed by atoms with Crippen LogP contribution < -0.4 is 15.0 Å². The maximum atomic E-state index is 12.8. The van der Waals surface area contributed by atoms with Crippen molar-refractivity contribution in [3.8, 4) is 5.75 Å². The minimum absolute atomic E-state index is 0.00507. The Hall–Kier alpha value is -3.41. The van der Waals surface area contributed by atoms with Crippen molar-refractivity contribution < 1.29 is 9.53 Å². The van der Waals surface area contributed by atoms with Crippen LogP contribution in [0.5, 0.6) is 5.75 Å². The van der Waals surface area contributed by atoms with Gasteiger partial charge in [0.15, 0.2) is 0 Å². The second kappa shape index (κ2) is 8.52. The van der Waals surface area contributed by atoms with Gasteiger partial charge in [-0.2, -0.15) is 0 Å². The van der Waals surface area contributed by atoms with Crippen LogP contribution in [0.1, 0.15) is 30.2 Å². The summed E-state index contributed by atoms with van der Waals surface area (Å²) >= 11 is 0. The summed E-state index contributed by atoms with van der Waals surface area (Å²) in [4.78, 5) is 23.5. The molecule has 3 rings (SSSR count). The lowest BCUT2D eigenvalue weighted by molar-refractivity contribution is 0.102. The Morgan fingerprint density at radius 3 is 2.43 bits per heavy atom. The summed E-state index contributed by atoms with van der Waals surface area (Å²) in [6, 6.07) is 18.9. The molecule has 144 valence electrons. The van der Waals surface area contributed by atoms with Crippen molar-refractivity contribution in [2.45, 2.75) is 26.9 Å². The zero-order valence-corrected chi connectivity index (χ0v) is 16.5. The van der Waals surface area contributed by atoms with Crippen LogP contribution in [-0.4, -0.2) is 29.0 Å². The van der Waals surface area contributed by atoms with Crippen LogP contribution in [0.25, 0.3) is 0 Å². The van der Waals surface area contributed by atoms with Crippen molar-refractivity contribution in [3.05, 3.63) is 72.2 Å². The van der Waals surface area contributed by atoms with Crippen LogP contribution in [0.3, 0.4) is 0 Å². The molecule has 2 aromatic carbocycles. The second-order valence-electron chi connectivity index (χ2n) is 6.67. The average Bonchev–Trinajstić information content (AvgIpc) is 2.68. The average molecular weight is 376 g/mol. The Morgan fingerprint density at radius 2 is 1.71 bits per heavy atom. The van der Waals surface area contributed by atoms with Crippen molar-refractivity contribution in [3.63, 3.8) is 0 Å². The number of amides is 1. The van der Waals surface area contributed by atoms with E-state index in [9.17, 15) is 4.79 Å². The molecule has 0 fully saturated rings. The van der Waals surface area contributed by atoms with Crippen molar-refractivity contribution >= 4 is 23.1 Å². The summed E-state index contributed by atoms with van der Waals surface area (Å²) < 4.78 is 5.77. The largest absolute Gasteiger partial charge is 0.489 e. The molecule has 0 radical (unpaired) electrons. The number of nitrogens with zero attached hydrogens (tertiary/aromatic N) is 3. The number of aryl methyl sites for hydroxylation is 1. The quantitative estimate of drug-likeness (QED) is 0.681. The molecular formula is C22H24N4O2. The fraction of sp³-hybridized carbons (Fsp3) is 0.227. The molecule has 1 amide bonds. The zero-order chi connectivity index (χ0) is 20.1. The first-order valence-corrected chi connectivity index (χ1v) is 9.15. The Bertz CT molecular complexity index is 958. The van der Waals surface area contributed by atoms with E-state index in [1.165, 1.54) is 0 Å². The van der Waals surface area contributed by atoms with Gasteiger partial charge in [-0.25, -0.2) is 9.97 Å². The van der Waals surface area contributed by atoms with E-state index >= 15 is 0 Å². The predicted molar refractivity (Wildman–Crippen MR) is 111 cm³/mol. The number of anilines is 3. The van der Waals surface area contributed by atoms with Gasteiger partial charge in [-0.3, -0.25) is 4.79 Å². The highest BCUT2D eigenvalue weighted by molar-refractivity contribution is 6.04. The molecule has 6 nitrogen and oxygen atoms in total. The summed E-state index contributed by atoms with van der Waals surface area (Å²) in [6.07, 6.45) is 0.00507. The minimum Gasteiger partial charge on any atom is -0.489 e. The van der Waals surface area contributed by atoms with Gasteiger partial charge in [0.25, 0.3) is 5.91 Å². The van der Waals surface area contributed by atoms with Gasteiger partial charge < -0.3 is 15.0 Å². The number of carbonyl (C=O) groups excluding carboxylic acids is 1. The molecule has 0 unspecified atom stereocenters. The molecule has 28 heavy (non-hydrogen) atoms. The number of carbonyl (C=O) groups is 1. The highest BCUT2D eigenvalue weighted by Crippen LogP contribution is 2.26. The number of aromatic nitrogens is 2. The molecule has 0 aliphatic rings. The third kappa shape index (κ3) is 4.65. The zero-order valence-electron chi connectivity index (χ0n) is 16.5. The smallest absolute Gasteiger partial charge is 0.274 e. The van der Waals surface area contributed by atoms with E-state index in [1.807, 2.05) is 74.3 Å². The van der Waals surface area contributed by atoms with Gasteiger partial charge in [-0.15, -0.1) is 0 Å². The molecule has 0 aliphatic heterocycles. The van der Waals surface area contributed by atoms with Gasteiger partial charge >= 0.3 is 0 Å². The van der Waals surface area contributed by atoms with Gasteiger partial charge in [0.1, 0.15) is 23.1 Å². The maximum Gasteiger partial charge on any atom is 0.274 e. The van der Waals surface area contributed by atoms with Crippen molar-refractivity contribution in [1.82, 2.24) is 9.97 Å². The van der Waals surface area contributed by atoms with Crippen molar-refractivity contribution in [2.75, 3.05) is 17.3 Å². The Kier molecular flexibility index (Phi) is 5.89. The van der Waals surface area contributed by atoms with Crippen LogP contribution in [0, 0.1) is 6.92 Å². The Balaban J connectivity index is 1.86. The third-order valence-corrected chi connectivity index (χ3v) is 4.04. The van der Waals surface area contributed by atoms with E-state index in [1.54, 1.807) is 19.1 Å². The molecule has 0 saturated heterocycles. The standard InChI is InChI=1S/C22H24N4O2/c1-15(2)28-20-13-9-8-12-18(20)25-22(27)19-14-21(24-16(3)23-19)26(4)17-10-6-5-7-11-17/h5-15H,1-4H3,(H,25,27). The van der Waals surface area contributed by atoms with E-state index in [0.717, 1.165) is 5.69 Å². The van der Waals surface area contributed by atoms with Crippen LogP contribution in [-0.2, 0) is 0 Å². The molecule has 1 N–H and O–H groups in total. The first kappa shape index (κ1) is 19.4. The van der Waals surface area contributed by atoms with Gasteiger partial charge in [-0.05, 0) is 45.0 Å². The molecule has 0 atom stereocenters. The molecule has 1 heterocycles. The molecule has 6 heteroatoms. The predicted octanol–water partition coefficient (Wildman–Crippen LogP) is 4.59. The normalized spacial score (nSPS) is 10.6. The van der Waals surface area contributed by atoms with Gasteiger partial charge in [-0.1, -0.05) is 30.3 Å². The van der Waals surface area contributed by atoms with Gasteiger partial charge in [0, 0.05) is 18.8 Å². The molecule has 0 spiro atoms. The second-order valence-corrected chi connectivity index (χ2v) is 6.67. The maximum absolute atomic E-state index is 12.8. The number of hydrogen-bond donors (Lipinski definition) is 1. The Morgan fingerprint density at radius 1 is 1.04 bits per heavy atom. The van der Waals surface area contributed by atoms with Crippen LogP contribution in [0.4, 0.5) is 17.2 Å².